The summed E-state index contributed by atoms with van der Waals surface area (Å²) < 4.78 is 13.9. The van der Waals surface area contributed by atoms with E-state index in [1.165, 1.54) is 5.56 Å². The Hall–Kier alpha value is -1.42. The summed E-state index contributed by atoms with van der Waals surface area (Å²) in [6.07, 6.45) is 8.79. The second-order valence-corrected chi connectivity index (χ2v) is 10.3. The van der Waals surface area contributed by atoms with Crippen LogP contribution in [-0.2, 0) is 10.2 Å². The highest BCUT2D eigenvalue weighted by atomic mass is 19.1. The average molecular weight is 385 g/mol. The quantitative estimate of drug-likeness (QED) is 0.821. The maximum Gasteiger partial charge on any atom is 0.226 e. The third kappa shape index (κ3) is 2.91. The summed E-state index contributed by atoms with van der Waals surface area (Å²) in [4.78, 5) is 13.6. The van der Waals surface area contributed by atoms with Crippen LogP contribution in [0, 0.1) is 23.2 Å². The zero-order valence-electron chi connectivity index (χ0n) is 16.7. The molecule has 0 aliphatic heterocycles. The number of carbonyl (C=O) groups excluding carboxylic acids is 1. The highest BCUT2D eigenvalue weighted by Gasteiger charge is 2.64. The fourth-order valence-corrected chi connectivity index (χ4v) is 7.49. The van der Waals surface area contributed by atoms with Gasteiger partial charge in [0.2, 0.25) is 5.91 Å². The highest BCUT2D eigenvalue weighted by molar-refractivity contribution is 5.84. The Kier molecular flexibility index (Phi) is 4.53. The number of halogens is 1. The zero-order chi connectivity index (χ0) is 19.4. The SMILES string of the molecule is NC1CCC(NC(=O)C23CC4CC(c5ccccc5)(CC(C2)C4CF)C3)CC1. The van der Waals surface area contributed by atoms with Crippen molar-refractivity contribution in [2.75, 3.05) is 6.67 Å². The van der Waals surface area contributed by atoms with E-state index in [2.05, 4.69) is 35.6 Å². The van der Waals surface area contributed by atoms with Gasteiger partial charge in [0.1, 0.15) is 0 Å². The fraction of sp³-hybridized carbons (Fsp3) is 0.708. The van der Waals surface area contributed by atoms with Crippen LogP contribution < -0.4 is 11.1 Å². The van der Waals surface area contributed by atoms with Gasteiger partial charge in [-0.2, -0.15) is 0 Å². The fourth-order valence-electron chi connectivity index (χ4n) is 7.49. The van der Waals surface area contributed by atoms with Gasteiger partial charge in [-0.3, -0.25) is 9.18 Å². The Morgan fingerprint density at radius 1 is 1.04 bits per heavy atom. The second kappa shape index (κ2) is 6.83. The predicted molar refractivity (Wildman–Crippen MR) is 108 cm³/mol. The molecular weight excluding hydrogens is 351 g/mol. The summed E-state index contributed by atoms with van der Waals surface area (Å²) in [5, 5.41) is 3.41. The lowest BCUT2D eigenvalue weighted by Crippen LogP contribution is -2.63. The van der Waals surface area contributed by atoms with Crippen LogP contribution in [0.2, 0.25) is 0 Å². The molecule has 3 nitrogen and oxygen atoms in total. The normalized spacial score (nSPS) is 44.4. The van der Waals surface area contributed by atoms with Gasteiger partial charge >= 0.3 is 0 Å². The average Bonchev–Trinajstić information content (AvgIpc) is 2.70. The lowest BCUT2D eigenvalue weighted by molar-refractivity contribution is -0.159. The standard InChI is InChI=1S/C24H33FN2O/c25-14-21-16-10-23(18-4-2-1-3-5-18)11-17(21)13-24(12-16,15-23)22(28)27-20-8-6-19(26)7-9-20/h1-5,16-17,19-21H,6-15,26H2,(H,27,28). The van der Waals surface area contributed by atoms with Gasteiger partial charge in [-0.25, -0.2) is 0 Å². The minimum Gasteiger partial charge on any atom is -0.353 e. The van der Waals surface area contributed by atoms with Crippen LogP contribution in [0.15, 0.2) is 30.3 Å². The maximum atomic E-state index is 13.9. The molecule has 5 aliphatic rings. The first-order valence-electron chi connectivity index (χ1n) is 11.2. The Balaban J connectivity index is 1.42. The molecular formula is C24H33FN2O. The largest absolute Gasteiger partial charge is 0.353 e. The third-order valence-electron chi connectivity index (χ3n) is 8.65. The number of hydrogen-bond donors (Lipinski definition) is 2. The summed E-state index contributed by atoms with van der Waals surface area (Å²) in [5.74, 6) is 1.10. The number of hydrogen-bond acceptors (Lipinski definition) is 2. The highest BCUT2D eigenvalue weighted by Crippen LogP contribution is 2.67. The molecule has 5 fully saturated rings. The number of benzene rings is 1. The number of nitrogens with one attached hydrogen (secondary N) is 1. The van der Waals surface area contributed by atoms with E-state index in [9.17, 15) is 9.18 Å². The van der Waals surface area contributed by atoms with Crippen molar-refractivity contribution in [2.45, 2.75) is 75.3 Å². The van der Waals surface area contributed by atoms with Gasteiger partial charge in [-0.1, -0.05) is 30.3 Å². The molecule has 5 saturated carbocycles. The molecule has 0 radical (unpaired) electrons. The molecule has 0 saturated heterocycles. The minimum atomic E-state index is -0.299. The predicted octanol–water partition coefficient (Wildman–Crippen LogP) is 4.11. The molecule has 2 atom stereocenters. The van der Waals surface area contributed by atoms with Crippen LogP contribution in [0.25, 0.3) is 0 Å². The molecule has 152 valence electrons. The monoisotopic (exact) mass is 384 g/mol. The van der Waals surface area contributed by atoms with Gasteiger partial charge in [0.25, 0.3) is 0 Å². The first kappa shape index (κ1) is 18.6. The first-order valence-corrected chi connectivity index (χ1v) is 11.2. The molecule has 1 aromatic carbocycles. The van der Waals surface area contributed by atoms with Gasteiger partial charge < -0.3 is 11.1 Å². The van der Waals surface area contributed by atoms with E-state index in [4.69, 9.17) is 5.73 Å². The smallest absolute Gasteiger partial charge is 0.226 e. The lowest BCUT2D eigenvalue weighted by atomic mass is 9.40. The summed E-state index contributed by atoms with van der Waals surface area (Å²) in [5.41, 5.74) is 7.16. The maximum absolute atomic E-state index is 13.9. The van der Waals surface area contributed by atoms with E-state index in [-0.39, 0.29) is 35.4 Å². The van der Waals surface area contributed by atoms with E-state index >= 15 is 0 Å². The number of amides is 1. The van der Waals surface area contributed by atoms with Crippen LogP contribution in [0.5, 0.6) is 0 Å². The van der Waals surface area contributed by atoms with Crippen molar-refractivity contribution in [3.8, 4) is 0 Å². The molecule has 1 amide bonds. The molecule has 28 heavy (non-hydrogen) atoms. The van der Waals surface area contributed by atoms with Crippen molar-refractivity contribution in [3.05, 3.63) is 35.9 Å². The topological polar surface area (TPSA) is 55.1 Å². The van der Waals surface area contributed by atoms with Crippen molar-refractivity contribution >= 4 is 5.91 Å². The molecule has 0 spiro atoms. The Labute approximate surface area is 167 Å². The van der Waals surface area contributed by atoms with Crippen molar-refractivity contribution in [1.82, 2.24) is 5.32 Å². The number of carbonyl (C=O) groups is 1. The van der Waals surface area contributed by atoms with Crippen LogP contribution >= 0.6 is 0 Å². The molecule has 1 aromatic rings. The van der Waals surface area contributed by atoms with Crippen LogP contribution in [0.1, 0.15) is 63.4 Å². The lowest BCUT2D eigenvalue weighted by Gasteiger charge is -2.64. The van der Waals surface area contributed by atoms with Crippen LogP contribution in [-0.4, -0.2) is 24.7 Å². The summed E-state index contributed by atoms with van der Waals surface area (Å²) >= 11 is 0. The van der Waals surface area contributed by atoms with E-state index in [1.54, 1.807) is 0 Å². The van der Waals surface area contributed by atoms with Crippen molar-refractivity contribution in [2.24, 2.45) is 28.9 Å². The number of nitrogens with two attached hydrogens (primary N) is 1. The number of rotatable bonds is 4. The van der Waals surface area contributed by atoms with Crippen molar-refractivity contribution in [1.29, 1.82) is 0 Å². The molecule has 3 N–H and O–H groups in total. The second-order valence-electron chi connectivity index (χ2n) is 10.3. The summed E-state index contributed by atoms with van der Waals surface area (Å²) in [7, 11) is 0. The first-order chi connectivity index (χ1) is 13.5. The van der Waals surface area contributed by atoms with Gasteiger partial charge in [-0.15, -0.1) is 0 Å². The molecule has 2 unspecified atom stereocenters. The molecule has 4 bridgehead atoms. The van der Waals surface area contributed by atoms with Gasteiger partial charge in [0, 0.05) is 12.1 Å². The third-order valence-corrected chi connectivity index (χ3v) is 8.65. The van der Waals surface area contributed by atoms with Gasteiger partial charge in [0.05, 0.1) is 12.1 Å². The number of alkyl halides is 1. The zero-order valence-corrected chi connectivity index (χ0v) is 16.7. The molecule has 4 heteroatoms. The van der Waals surface area contributed by atoms with Crippen molar-refractivity contribution in [3.63, 3.8) is 0 Å². The van der Waals surface area contributed by atoms with Crippen molar-refractivity contribution < 1.29 is 9.18 Å². The summed E-state index contributed by atoms with van der Waals surface area (Å²) in [6, 6.07) is 11.3. The Morgan fingerprint density at radius 3 is 2.29 bits per heavy atom. The molecule has 5 aliphatic carbocycles. The summed E-state index contributed by atoms with van der Waals surface area (Å²) in [6.45, 7) is -0.224. The van der Waals surface area contributed by atoms with E-state index in [0.717, 1.165) is 57.8 Å². The minimum absolute atomic E-state index is 0.0605. The van der Waals surface area contributed by atoms with Gasteiger partial charge in [0.15, 0.2) is 0 Å². The molecule has 6 rings (SSSR count). The molecule has 0 heterocycles. The van der Waals surface area contributed by atoms with E-state index < -0.39 is 0 Å². The van der Waals surface area contributed by atoms with Crippen LogP contribution in [0.3, 0.4) is 0 Å². The molecule has 0 aromatic heterocycles. The van der Waals surface area contributed by atoms with Crippen LogP contribution in [0.4, 0.5) is 4.39 Å². The van der Waals surface area contributed by atoms with E-state index in [0.29, 0.717) is 17.9 Å². The van der Waals surface area contributed by atoms with Gasteiger partial charge in [-0.05, 0) is 86.5 Å². The Morgan fingerprint density at radius 2 is 1.68 bits per heavy atom. The van der Waals surface area contributed by atoms with E-state index in [1.807, 2.05) is 0 Å². The Bertz CT molecular complexity index is 711.